The molecule has 2 aromatic rings. The molecule has 0 unspecified atom stereocenters. The van der Waals surface area contributed by atoms with E-state index < -0.39 is 5.82 Å². The van der Waals surface area contributed by atoms with Gasteiger partial charge in [-0.25, -0.2) is 14.1 Å². The highest BCUT2D eigenvalue weighted by atomic mass is 35.5. The summed E-state index contributed by atoms with van der Waals surface area (Å²) in [6.45, 7) is 0. The van der Waals surface area contributed by atoms with Crippen LogP contribution in [-0.2, 0) is 0 Å². The van der Waals surface area contributed by atoms with E-state index in [-0.39, 0.29) is 5.02 Å². The van der Waals surface area contributed by atoms with Gasteiger partial charge in [0.05, 0.1) is 5.02 Å². The van der Waals surface area contributed by atoms with Crippen LogP contribution in [0.4, 0.5) is 10.2 Å². The van der Waals surface area contributed by atoms with Crippen molar-refractivity contribution in [3.8, 4) is 11.3 Å². The van der Waals surface area contributed by atoms with Crippen LogP contribution in [0.5, 0.6) is 0 Å². The summed E-state index contributed by atoms with van der Waals surface area (Å²) in [7, 11) is 0. The number of benzene rings is 1. The Bertz CT molecular complexity index is 619. The summed E-state index contributed by atoms with van der Waals surface area (Å²) >= 11 is 6.01. The zero-order chi connectivity index (χ0) is 12.9. The molecule has 0 spiro atoms. The fourth-order valence-electron chi connectivity index (χ4n) is 1.97. The van der Waals surface area contributed by atoms with E-state index in [1.807, 2.05) is 0 Å². The highest BCUT2D eigenvalue weighted by molar-refractivity contribution is 6.33. The normalized spacial score (nSPS) is 15.0. The third-order valence-electron chi connectivity index (χ3n) is 3.10. The van der Waals surface area contributed by atoms with E-state index in [0.717, 1.165) is 18.7 Å². The maximum Gasteiger partial charge on any atom is 0.150 e. The predicted octanol–water partition coefficient (Wildman–Crippen LogP) is 2.52. The number of imidazole rings is 1. The first kappa shape index (κ1) is 11.3. The maximum atomic E-state index is 13.0. The molecular formula is C12H12ClFN4. The van der Waals surface area contributed by atoms with E-state index in [9.17, 15) is 4.39 Å². The number of nitrogen functional groups attached to an aromatic ring is 2. The van der Waals surface area contributed by atoms with Crippen molar-refractivity contribution in [3.63, 3.8) is 0 Å². The molecule has 4 N–H and O–H groups in total. The topological polar surface area (TPSA) is 69.9 Å². The lowest BCUT2D eigenvalue weighted by molar-refractivity contribution is 0.628. The number of anilines is 1. The van der Waals surface area contributed by atoms with Crippen LogP contribution in [0, 0.1) is 5.82 Å². The van der Waals surface area contributed by atoms with Crippen LogP contribution in [-0.4, -0.2) is 9.66 Å². The Morgan fingerprint density at radius 1 is 1.39 bits per heavy atom. The molecule has 0 amide bonds. The molecule has 4 nitrogen and oxygen atoms in total. The molecule has 94 valence electrons. The zero-order valence-electron chi connectivity index (χ0n) is 9.53. The van der Waals surface area contributed by atoms with Crippen LogP contribution in [0.2, 0.25) is 5.02 Å². The second-order valence-corrected chi connectivity index (χ2v) is 4.88. The lowest BCUT2D eigenvalue weighted by atomic mass is 10.1. The molecule has 0 aliphatic heterocycles. The Balaban J connectivity index is 2.13. The lowest BCUT2D eigenvalue weighted by Gasteiger charge is -2.03. The lowest BCUT2D eigenvalue weighted by Crippen LogP contribution is -2.14. The number of nitrogens with zero attached hydrogens (tertiary/aromatic N) is 2. The zero-order valence-corrected chi connectivity index (χ0v) is 10.3. The fourth-order valence-corrected chi connectivity index (χ4v) is 2.23. The first-order valence-electron chi connectivity index (χ1n) is 5.66. The third-order valence-corrected chi connectivity index (χ3v) is 3.42. The molecule has 0 atom stereocenters. The van der Waals surface area contributed by atoms with E-state index >= 15 is 0 Å². The van der Waals surface area contributed by atoms with Gasteiger partial charge in [-0.2, -0.15) is 0 Å². The summed E-state index contributed by atoms with van der Waals surface area (Å²) in [5, 5.41) is 0.280. The molecule has 1 fully saturated rings. The number of hydrogen-bond donors (Lipinski definition) is 2. The summed E-state index contributed by atoms with van der Waals surface area (Å²) in [4.78, 5) is 4.44. The summed E-state index contributed by atoms with van der Waals surface area (Å²) < 4.78 is 14.4. The molecule has 3 rings (SSSR count). The van der Waals surface area contributed by atoms with Crippen LogP contribution < -0.4 is 11.6 Å². The molecule has 1 aromatic carbocycles. The quantitative estimate of drug-likeness (QED) is 0.821. The first-order chi connectivity index (χ1) is 8.58. The van der Waals surface area contributed by atoms with E-state index in [1.165, 1.54) is 16.8 Å². The Labute approximate surface area is 108 Å². The van der Waals surface area contributed by atoms with Gasteiger partial charge in [0, 0.05) is 11.5 Å². The summed E-state index contributed by atoms with van der Waals surface area (Å²) in [6, 6.07) is 4.13. The van der Waals surface area contributed by atoms with Gasteiger partial charge in [-0.05, 0) is 31.0 Å². The number of nitrogens with two attached hydrogens (primary N) is 2. The molecule has 1 heterocycles. The van der Waals surface area contributed by atoms with Gasteiger partial charge in [0.1, 0.15) is 17.3 Å². The molecule has 1 saturated carbocycles. The SMILES string of the molecule is Nc1c(-c2ccc(F)cc2Cl)nc(C2CC2)n1N. The van der Waals surface area contributed by atoms with E-state index in [4.69, 9.17) is 23.2 Å². The molecule has 1 aliphatic rings. The van der Waals surface area contributed by atoms with Crippen molar-refractivity contribution in [2.24, 2.45) is 0 Å². The molecule has 1 aromatic heterocycles. The molecule has 6 heteroatoms. The maximum absolute atomic E-state index is 13.0. The molecule has 18 heavy (non-hydrogen) atoms. The first-order valence-corrected chi connectivity index (χ1v) is 6.04. The minimum atomic E-state index is -0.392. The predicted molar refractivity (Wildman–Crippen MR) is 69.2 cm³/mol. The van der Waals surface area contributed by atoms with Gasteiger partial charge in [0.25, 0.3) is 0 Å². The van der Waals surface area contributed by atoms with Crippen LogP contribution in [0.25, 0.3) is 11.3 Å². The molecule has 1 aliphatic carbocycles. The highest BCUT2D eigenvalue weighted by Gasteiger charge is 2.30. The van der Waals surface area contributed by atoms with Crippen molar-refractivity contribution >= 4 is 17.4 Å². The number of hydrogen-bond acceptors (Lipinski definition) is 3. The monoisotopic (exact) mass is 266 g/mol. The highest BCUT2D eigenvalue weighted by Crippen LogP contribution is 2.42. The van der Waals surface area contributed by atoms with Gasteiger partial charge in [-0.15, -0.1) is 0 Å². The van der Waals surface area contributed by atoms with Crippen molar-refractivity contribution in [1.29, 1.82) is 0 Å². The third kappa shape index (κ3) is 1.71. The Morgan fingerprint density at radius 3 is 2.72 bits per heavy atom. The van der Waals surface area contributed by atoms with E-state index in [0.29, 0.717) is 23.0 Å². The van der Waals surface area contributed by atoms with Crippen molar-refractivity contribution in [3.05, 3.63) is 34.9 Å². The number of rotatable bonds is 2. The second kappa shape index (κ2) is 3.88. The molecule has 0 radical (unpaired) electrons. The van der Waals surface area contributed by atoms with Gasteiger partial charge in [-0.1, -0.05) is 11.6 Å². The van der Waals surface area contributed by atoms with Crippen molar-refractivity contribution in [1.82, 2.24) is 9.66 Å². The Morgan fingerprint density at radius 2 is 2.11 bits per heavy atom. The van der Waals surface area contributed by atoms with Gasteiger partial charge in [0.15, 0.2) is 5.82 Å². The minimum Gasteiger partial charge on any atom is -0.382 e. The van der Waals surface area contributed by atoms with Gasteiger partial charge < -0.3 is 11.6 Å². The Kier molecular flexibility index (Phi) is 2.45. The smallest absolute Gasteiger partial charge is 0.150 e. The van der Waals surface area contributed by atoms with Crippen LogP contribution in [0.1, 0.15) is 24.6 Å². The van der Waals surface area contributed by atoms with E-state index in [2.05, 4.69) is 4.98 Å². The summed E-state index contributed by atoms with van der Waals surface area (Å²) in [6.07, 6.45) is 2.15. The van der Waals surface area contributed by atoms with Crippen LogP contribution in [0.15, 0.2) is 18.2 Å². The van der Waals surface area contributed by atoms with Gasteiger partial charge >= 0.3 is 0 Å². The molecule has 0 bridgehead atoms. The van der Waals surface area contributed by atoms with Crippen molar-refractivity contribution in [2.75, 3.05) is 11.6 Å². The number of aromatic nitrogens is 2. The largest absolute Gasteiger partial charge is 0.382 e. The molecule has 0 saturated heterocycles. The Hall–Kier alpha value is -1.75. The van der Waals surface area contributed by atoms with Crippen LogP contribution >= 0.6 is 11.6 Å². The average Bonchev–Trinajstić information content (AvgIpc) is 3.11. The second-order valence-electron chi connectivity index (χ2n) is 4.47. The van der Waals surface area contributed by atoms with Crippen LogP contribution in [0.3, 0.4) is 0 Å². The number of halogens is 2. The van der Waals surface area contributed by atoms with Crippen molar-refractivity contribution < 1.29 is 4.39 Å². The standard InChI is InChI=1S/C12H12ClFN4/c13-9-5-7(14)3-4-8(9)10-11(15)18(16)12(17-10)6-1-2-6/h3-6H,1-2,15-16H2. The summed E-state index contributed by atoms with van der Waals surface area (Å²) in [5.74, 6) is 6.98. The summed E-state index contributed by atoms with van der Waals surface area (Å²) in [5.41, 5.74) is 7.05. The minimum absolute atomic E-state index is 0.280. The molecular weight excluding hydrogens is 255 g/mol. The average molecular weight is 267 g/mol. The van der Waals surface area contributed by atoms with Gasteiger partial charge in [0.2, 0.25) is 0 Å². The van der Waals surface area contributed by atoms with E-state index in [1.54, 1.807) is 6.07 Å². The van der Waals surface area contributed by atoms with Gasteiger partial charge in [-0.3, -0.25) is 0 Å². The van der Waals surface area contributed by atoms with Crippen molar-refractivity contribution in [2.45, 2.75) is 18.8 Å². The fraction of sp³-hybridized carbons (Fsp3) is 0.250.